The molecule has 0 N–H and O–H groups in total. The van der Waals surface area contributed by atoms with Crippen molar-refractivity contribution in [1.82, 2.24) is 9.80 Å². The molecule has 0 spiro atoms. The zero-order valence-electron chi connectivity index (χ0n) is 15.0. The van der Waals surface area contributed by atoms with Crippen LogP contribution >= 0.6 is 0 Å². The summed E-state index contributed by atoms with van der Waals surface area (Å²) in [5.41, 5.74) is 0.233. The van der Waals surface area contributed by atoms with Crippen LogP contribution in [-0.2, 0) is 9.53 Å². The molecule has 0 aromatic heterocycles. The lowest BCUT2D eigenvalue weighted by Crippen LogP contribution is -2.39. The first-order chi connectivity index (χ1) is 11.7. The summed E-state index contributed by atoms with van der Waals surface area (Å²) in [5, 5.41) is 0. The molecule has 0 atom stereocenters. The maximum Gasteiger partial charge on any atom is 0.410 e. The van der Waals surface area contributed by atoms with Crippen LogP contribution in [0.5, 0.6) is 0 Å². The molecule has 2 amide bonds. The molecule has 25 heavy (non-hydrogen) atoms. The van der Waals surface area contributed by atoms with Gasteiger partial charge in [-0.2, -0.15) is 0 Å². The second-order valence-electron chi connectivity index (χ2n) is 7.03. The molecule has 1 fully saturated rings. The summed E-state index contributed by atoms with van der Waals surface area (Å²) in [6.45, 7) is 7.57. The maximum absolute atomic E-state index is 12.9. The van der Waals surface area contributed by atoms with E-state index in [0.29, 0.717) is 32.6 Å². The molecule has 0 bridgehead atoms. The van der Waals surface area contributed by atoms with E-state index in [-0.39, 0.29) is 17.8 Å². The number of amides is 2. The standard InChI is InChI=1S/C19H25FN2O3/c1-19(2,3)25-18(24)22-12-4-11-21(13-14-22)17(23)10-7-15-5-8-16(20)9-6-15/h5-10H,4,11-14H2,1-3H3/b10-7+. The highest BCUT2D eigenvalue weighted by atomic mass is 19.1. The molecule has 0 aliphatic carbocycles. The molecule has 1 aromatic carbocycles. The normalized spacial score (nSPS) is 16.0. The summed E-state index contributed by atoms with van der Waals surface area (Å²) in [6, 6.07) is 5.95. The van der Waals surface area contributed by atoms with E-state index in [1.165, 1.54) is 18.2 Å². The van der Waals surface area contributed by atoms with Crippen LogP contribution in [0, 0.1) is 5.82 Å². The van der Waals surface area contributed by atoms with Gasteiger partial charge in [0.25, 0.3) is 0 Å². The van der Waals surface area contributed by atoms with Gasteiger partial charge in [0, 0.05) is 32.3 Å². The minimum Gasteiger partial charge on any atom is -0.444 e. The van der Waals surface area contributed by atoms with Crippen LogP contribution in [0.15, 0.2) is 30.3 Å². The first kappa shape index (κ1) is 19.0. The molecule has 1 aromatic rings. The Morgan fingerprint density at radius 2 is 1.64 bits per heavy atom. The molecule has 5 nitrogen and oxygen atoms in total. The minimum absolute atomic E-state index is 0.115. The molecular formula is C19H25FN2O3. The van der Waals surface area contributed by atoms with Gasteiger partial charge in [-0.1, -0.05) is 12.1 Å². The van der Waals surface area contributed by atoms with E-state index in [9.17, 15) is 14.0 Å². The average molecular weight is 348 g/mol. The average Bonchev–Trinajstić information content (AvgIpc) is 2.78. The molecule has 2 rings (SSSR count). The minimum atomic E-state index is -0.531. The Kier molecular flexibility index (Phi) is 6.17. The van der Waals surface area contributed by atoms with Crippen molar-refractivity contribution in [3.05, 3.63) is 41.7 Å². The molecule has 0 unspecified atom stereocenters. The topological polar surface area (TPSA) is 49.9 Å². The third-order valence-electron chi connectivity index (χ3n) is 3.75. The Bertz CT molecular complexity index is 635. The Labute approximate surface area is 148 Å². The van der Waals surface area contributed by atoms with E-state index in [1.807, 2.05) is 20.8 Å². The van der Waals surface area contributed by atoms with Gasteiger partial charge in [0.1, 0.15) is 11.4 Å². The summed E-state index contributed by atoms with van der Waals surface area (Å²) in [6.07, 6.45) is 3.51. The lowest BCUT2D eigenvalue weighted by molar-refractivity contribution is -0.125. The maximum atomic E-state index is 12.9. The zero-order valence-corrected chi connectivity index (χ0v) is 15.0. The fraction of sp³-hybridized carbons (Fsp3) is 0.474. The van der Waals surface area contributed by atoms with Crippen LogP contribution < -0.4 is 0 Å². The second-order valence-corrected chi connectivity index (χ2v) is 7.03. The SMILES string of the molecule is CC(C)(C)OC(=O)N1CCCN(C(=O)/C=C/c2ccc(F)cc2)CC1. The van der Waals surface area contributed by atoms with Gasteiger partial charge in [0.05, 0.1) is 0 Å². The number of ether oxygens (including phenoxy) is 1. The lowest BCUT2D eigenvalue weighted by Gasteiger charge is -2.26. The number of carbonyl (C=O) groups is 2. The quantitative estimate of drug-likeness (QED) is 0.771. The van der Waals surface area contributed by atoms with E-state index >= 15 is 0 Å². The molecule has 0 radical (unpaired) electrons. The van der Waals surface area contributed by atoms with Crippen molar-refractivity contribution in [3.63, 3.8) is 0 Å². The van der Waals surface area contributed by atoms with Gasteiger partial charge in [0.15, 0.2) is 0 Å². The van der Waals surface area contributed by atoms with Crippen molar-refractivity contribution in [3.8, 4) is 0 Å². The molecule has 136 valence electrons. The Hall–Kier alpha value is -2.37. The zero-order chi connectivity index (χ0) is 18.4. The van der Waals surface area contributed by atoms with Crippen molar-refractivity contribution in [1.29, 1.82) is 0 Å². The van der Waals surface area contributed by atoms with Gasteiger partial charge in [-0.25, -0.2) is 9.18 Å². The number of carbonyl (C=O) groups excluding carboxylic acids is 2. The lowest BCUT2D eigenvalue weighted by atomic mass is 10.2. The summed E-state index contributed by atoms with van der Waals surface area (Å²) in [5.74, 6) is -0.423. The number of halogens is 1. The molecule has 0 saturated carbocycles. The fourth-order valence-electron chi connectivity index (χ4n) is 2.49. The van der Waals surface area contributed by atoms with E-state index in [2.05, 4.69) is 0 Å². The van der Waals surface area contributed by atoms with Crippen LogP contribution in [0.25, 0.3) is 6.08 Å². The third kappa shape index (κ3) is 6.21. The van der Waals surface area contributed by atoms with Crippen LogP contribution in [-0.4, -0.2) is 53.6 Å². The van der Waals surface area contributed by atoms with Gasteiger partial charge in [-0.05, 0) is 51.0 Å². The number of hydrogen-bond acceptors (Lipinski definition) is 3. The largest absolute Gasteiger partial charge is 0.444 e. The van der Waals surface area contributed by atoms with Gasteiger partial charge in [0.2, 0.25) is 5.91 Å². The molecule has 1 heterocycles. The predicted octanol–water partition coefficient (Wildman–Crippen LogP) is 3.31. The van der Waals surface area contributed by atoms with Gasteiger partial charge < -0.3 is 14.5 Å². The van der Waals surface area contributed by atoms with Gasteiger partial charge in [-0.15, -0.1) is 0 Å². The molecule has 1 aliphatic heterocycles. The van der Waals surface area contributed by atoms with Crippen LogP contribution in [0.1, 0.15) is 32.8 Å². The predicted molar refractivity (Wildman–Crippen MR) is 94.4 cm³/mol. The van der Waals surface area contributed by atoms with Gasteiger partial charge >= 0.3 is 6.09 Å². The van der Waals surface area contributed by atoms with Crippen molar-refractivity contribution in [2.24, 2.45) is 0 Å². The van der Waals surface area contributed by atoms with Crippen molar-refractivity contribution < 1.29 is 18.7 Å². The summed E-state index contributed by atoms with van der Waals surface area (Å²) in [4.78, 5) is 27.8. The highest BCUT2D eigenvalue weighted by Crippen LogP contribution is 2.12. The van der Waals surface area contributed by atoms with Crippen molar-refractivity contribution in [2.75, 3.05) is 26.2 Å². The first-order valence-electron chi connectivity index (χ1n) is 8.45. The molecule has 1 saturated heterocycles. The van der Waals surface area contributed by atoms with E-state index in [1.54, 1.807) is 28.0 Å². The second kappa shape index (κ2) is 8.14. The summed E-state index contributed by atoms with van der Waals surface area (Å²) in [7, 11) is 0. The number of nitrogens with zero attached hydrogens (tertiary/aromatic N) is 2. The van der Waals surface area contributed by atoms with E-state index in [4.69, 9.17) is 4.74 Å². The number of hydrogen-bond donors (Lipinski definition) is 0. The summed E-state index contributed by atoms with van der Waals surface area (Å²) < 4.78 is 18.3. The molecule has 1 aliphatic rings. The monoisotopic (exact) mass is 348 g/mol. The van der Waals surface area contributed by atoms with Crippen LogP contribution in [0.3, 0.4) is 0 Å². The first-order valence-corrected chi connectivity index (χ1v) is 8.45. The Morgan fingerprint density at radius 3 is 2.28 bits per heavy atom. The number of benzene rings is 1. The third-order valence-corrected chi connectivity index (χ3v) is 3.75. The van der Waals surface area contributed by atoms with Crippen molar-refractivity contribution >= 4 is 18.1 Å². The number of rotatable bonds is 2. The Balaban J connectivity index is 1.90. The van der Waals surface area contributed by atoms with Crippen LogP contribution in [0.2, 0.25) is 0 Å². The highest BCUT2D eigenvalue weighted by Gasteiger charge is 2.25. The molecular weight excluding hydrogens is 323 g/mol. The highest BCUT2D eigenvalue weighted by molar-refractivity contribution is 5.91. The smallest absolute Gasteiger partial charge is 0.410 e. The molecule has 6 heteroatoms. The Morgan fingerprint density at radius 1 is 1.04 bits per heavy atom. The fourth-order valence-corrected chi connectivity index (χ4v) is 2.49. The van der Waals surface area contributed by atoms with Crippen LogP contribution in [0.4, 0.5) is 9.18 Å². The van der Waals surface area contributed by atoms with E-state index in [0.717, 1.165) is 5.56 Å². The van der Waals surface area contributed by atoms with Crippen molar-refractivity contribution in [2.45, 2.75) is 32.8 Å². The van der Waals surface area contributed by atoms with E-state index < -0.39 is 5.60 Å². The summed E-state index contributed by atoms with van der Waals surface area (Å²) >= 11 is 0. The van der Waals surface area contributed by atoms with Gasteiger partial charge in [-0.3, -0.25) is 4.79 Å².